The van der Waals surface area contributed by atoms with E-state index in [-0.39, 0.29) is 84.2 Å². The zero-order valence-corrected chi connectivity index (χ0v) is 43.6. The molecule has 0 saturated carbocycles. The first-order valence-corrected chi connectivity index (χ1v) is 19.7. The van der Waals surface area contributed by atoms with Crippen LogP contribution in [0.5, 0.6) is 0 Å². The number of carboxylic acids is 1. The highest BCUT2D eigenvalue weighted by Crippen LogP contribution is 2.09. The summed E-state index contributed by atoms with van der Waals surface area (Å²) >= 11 is 3.25. The molecule has 0 aromatic heterocycles. The van der Waals surface area contributed by atoms with Crippen LogP contribution in [-0.2, 0) is 52.3 Å². The number of carboxylic acid groups (broad SMARTS) is 1. The molecule has 0 bridgehead atoms. The first-order valence-electron chi connectivity index (χ1n) is 18.6. The van der Waals surface area contributed by atoms with E-state index in [1.807, 2.05) is 67.6 Å². The van der Waals surface area contributed by atoms with E-state index in [1.165, 1.54) is 0 Å². The standard InChI is InChI=1S/C14H30NO4.C11H21BrO4.C10H21NO4.C3H9N.2BrH.ClH/c1-14(2,3)19-13(16)7-9-17-11-12-18-10-8-15(4,5)6;1-11(2,3)16-10(13)4-6-14-8-9-15-7-5-12;1-11(2,3)5-7-15-9-8-14-6-4-10(12)13;1-4(2)3;;;/h7-12H2,1-6H3;4-9H2,1-3H3;4-9H2,1-3H3;1-3H3;3*1H/q+1;;;;;;/p-1. The van der Waals surface area contributed by atoms with E-state index in [4.69, 9.17) is 43.0 Å². The minimum Gasteiger partial charge on any atom is -1.00 e. The van der Waals surface area contributed by atoms with Crippen molar-refractivity contribution in [3.63, 3.8) is 0 Å². The Kier molecular flexibility index (Phi) is 54.9. The molecule has 0 spiro atoms. The number of alkyl halides is 1. The monoisotopic (exact) mass is 1050 g/mol. The molecule has 19 heteroatoms. The maximum absolute atomic E-state index is 11.4. The van der Waals surface area contributed by atoms with Crippen LogP contribution in [0.15, 0.2) is 0 Å². The molecule has 350 valence electrons. The third-order valence-electron chi connectivity index (χ3n) is 5.35. The summed E-state index contributed by atoms with van der Waals surface area (Å²) < 4.78 is 43.6. The average molecular weight is 1050 g/mol. The molecule has 0 aliphatic carbocycles. The lowest BCUT2D eigenvalue weighted by atomic mass is 10.2. The molecule has 0 unspecified atom stereocenters. The van der Waals surface area contributed by atoms with Crippen LogP contribution in [0, 0.1) is 0 Å². The van der Waals surface area contributed by atoms with Crippen LogP contribution in [-0.4, -0.2) is 209 Å². The number of esters is 2. The van der Waals surface area contributed by atoms with E-state index in [1.54, 1.807) is 0 Å². The van der Waals surface area contributed by atoms with Crippen LogP contribution in [0.4, 0.5) is 0 Å². The Morgan fingerprint density at radius 3 is 0.982 bits per heavy atom. The first kappa shape index (κ1) is 71.3. The summed E-state index contributed by atoms with van der Waals surface area (Å²) in [6, 6.07) is 0. The number of nitrogens with zero attached hydrogens (tertiary/aromatic N) is 3. The van der Waals surface area contributed by atoms with Gasteiger partial charge in [0.05, 0.1) is 141 Å². The zero-order valence-electron chi connectivity index (χ0n) is 38.0. The van der Waals surface area contributed by atoms with Gasteiger partial charge in [-0.3, -0.25) is 14.4 Å². The van der Waals surface area contributed by atoms with Crippen molar-refractivity contribution in [2.24, 2.45) is 0 Å². The highest BCUT2D eigenvalue weighted by Gasteiger charge is 2.16. The largest absolute Gasteiger partial charge is 1.00 e. The molecule has 1 N–H and O–H groups in total. The lowest BCUT2D eigenvalue weighted by Crippen LogP contribution is -3.00. The van der Waals surface area contributed by atoms with Crippen LogP contribution in [0.2, 0.25) is 0 Å². The van der Waals surface area contributed by atoms with Gasteiger partial charge in [0.25, 0.3) is 0 Å². The molecule has 0 saturated heterocycles. The van der Waals surface area contributed by atoms with Gasteiger partial charge in [-0.2, -0.15) is 0 Å². The molecule has 0 aliphatic rings. The highest BCUT2D eigenvalue weighted by molar-refractivity contribution is 9.09. The summed E-state index contributed by atoms with van der Waals surface area (Å²) in [6.45, 7) is 19.3. The van der Waals surface area contributed by atoms with Crippen molar-refractivity contribution in [3.05, 3.63) is 0 Å². The number of carbonyl (C=O) groups is 3. The number of hydrogen-bond acceptors (Lipinski definition) is 12. The molecule has 0 amide bonds. The fourth-order valence-corrected chi connectivity index (χ4v) is 3.18. The second-order valence-corrected chi connectivity index (χ2v) is 17.3. The predicted molar refractivity (Wildman–Crippen MR) is 225 cm³/mol. The topological polar surface area (TPSA) is 149 Å². The average Bonchev–Trinajstić information content (AvgIpc) is 2.97. The molecule has 15 nitrogen and oxygen atoms in total. The first-order chi connectivity index (χ1) is 24.7. The Morgan fingerprint density at radius 2 is 0.754 bits per heavy atom. The molecule has 0 heterocycles. The van der Waals surface area contributed by atoms with Gasteiger partial charge in [0.15, 0.2) is 0 Å². The second-order valence-electron chi connectivity index (χ2n) is 16.5. The van der Waals surface area contributed by atoms with Crippen molar-refractivity contribution in [1.82, 2.24) is 4.90 Å². The maximum atomic E-state index is 11.4. The van der Waals surface area contributed by atoms with E-state index < -0.39 is 17.2 Å². The molecule has 0 rings (SSSR count). The van der Waals surface area contributed by atoms with Crippen LogP contribution in [0.3, 0.4) is 0 Å². The number of aliphatic carboxylic acids is 1. The summed E-state index contributed by atoms with van der Waals surface area (Å²) in [5.74, 6) is -1.28. The quantitative estimate of drug-likeness (QED) is 0.0461. The van der Waals surface area contributed by atoms with E-state index in [9.17, 15) is 14.4 Å². The summed E-state index contributed by atoms with van der Waals surface area (Å²) in [7, 11) is 18.7. The minimum absolute atomic E-state index is 0. The minimum atomic E-state index is -0.832. The molecule has 0 aromatic carbocycles. The van der Waals surface area contributed by atoms with Crippen molar-refractivity contribution in [2.75, 3.05) is 161 Å². The third-order valence-corrected chi connectivity index (χ3v) is 5.68. The van der Waals surface area contributed by atoms with E-state index >= 15 is 0 Å². The van der Waals surface area contributed by atoms with Gasteiger partial charge >= 0.3 is 17.9 Å². The van der Waals surface area contributed by atoms with Crippen molar-refractivity contribution in [3.8, 4) is 0 Å². The van der Waals surface area contributed by atoms with Crippen LogP contribution >= 0.6 is 28.3 Å². The fraction of sp³-hybridized carbons (Fsp3) is 0.921. The van der Waals surface area contributed by atoms with Crippen molar-refractivity contribution < 1.29 is 100 Å². The third kappa shape index (κ3) is 88.2. The predicted octanol–water partition coefficient (Wildman–Crippen LogP) is -1.59. The normalized spacial score (nSPS) is 11.1. The number of hydrogen-bond donors (Lipinski definition) is 1. The zero-order chi connectivity index (χ0) is 42.7. The van der Waals surface area contributed by atoms with E-state index in [0.29, 0.717) is 66.1 Å². The number of quaternary nitrogens is 2. The van der Waals surface area contributed by atoms with Crippen molar-refractivity contribution >= 4 is 46.2 Å². The van der Waals surface area contributed by atoms with Gasteiger partial charge in [-0.05, 0) is 62.7 Å². The van der Waals surface area contributed by atoms with E-state index in [0.717, 1.165) is 34.0 Å². The summed E-state index contributed by atoms with van der Waals surface area (Å²) in [5, 5.41) is 9.15. The number of halogens is 4. The van der Waals surface area contributed by atoms with Gasteiger partial charge in [0, 0.05) is 5.33 Å². The molecule has 0 fully saturated rings. The molecule has 0 aromatic rings. The molecule has 0 radical (unpaired) electrons. The molecule has 0 aliphatic heterocycles. The van der Waals surface area contributed by atoms with Crippen LogP contribution in [0.1, 0.15) is 60.8 Å². The van der Waals surface area contributed by atoms with Crippen LogP contribution < -0.4 is 34.0 Å². The Morgan fingerprint density at radius 1 is 0.509 bits per heavy atom. The Hall–Kier alpha value is -0.220. The number of carbonyl (C=O) groups excluding carboxylic acids is 2. The molecular formula is C38H83Br3ClN3O12. The smallest absolute Gasteiger partial charge is 0.308 e. The summed E-state index contributed by atoms with van der Waals surface area (Å²) in [6.07, 6.45) is 0.630. The summed E-state index contributed by atoms with van der Waals surface area (Å²) in [5.41, 5.74) is -0.846. The Labute approximate surface area is 382 Å². The van der Waals surface area contributed by atoms with Gasteiger partial charge in [0.2, 0.25) is 0 Å². The van der Waals surface area contributed by atoms with Gasteiger partial charge in [-0.25, -0.2) is 0 Å². The van der Waals surface area contributed by atoms with Crippen molar-refractivity contribution in [2.45, 2.75) is 72.0 Å². The lowest BCUT2D eigenvalue weighted by Gasteiger charge is -2.23. The van der Waals surface area contributed by atoms with Gasteiger partial charge in [-0.1, -0.05) is 15.9 Å². The Balaban J connectivity index is -0.000000123. The van der Waals surface area contributed by atoms with Gasteiger partial charge in [0.1, 0.15) is 24.3 Å². The SMILES string of the molecule is CC(C)(C)OC(=O)CCOCCOCCBr.CC(C)(C)OC(=O)CCOCCOCC[N+](C)(C)C.CN(C)C.C[N+](C)(C)CCOCCOCCC(=O)O.Cl.[Br-].[Br-]. The van der Waals surface area contributed by atoms with Crippen molar-refractivity contribution in [1.29, 1.82) is 0 Å². The second kappa shape index (κ2) is 43.9. The van der Waals surface area contributed by atoms with E-state index in [2.05, 4.69) is 58.2 Å². The summed E-state index contributed by atoms with van der Waals surface area (Å²) in [4.78, 5) is 34.8. The number of ether oxygens (including phenoxy) is 8. The fourth-order valence-electron chi connectivity index (χ4n) is 2.95. The number of likely N-dealkylation sites (N-methyl/N-ethyl adjacent to an activating group) is 2. The molecule has 0 atom stereocenters. The highest BCUT2D eigenvalue weighted by atomic mass is 79.9. The molecular weight excluding hydrogens is 966 g/mol. The van der Waals surface area contributed by atoms with Gasteiger partial charge < -0.3 is 90.8 Å². The maximum Gasteiger partial charge on any atom is 0.308 e. The molecule has 57 heavy (non-hydrogen) atoms. The number of rotatable bonds is 26. The van der Waals surface area contributed by atoms with Crippen LogP contribution in [0.25, 0.3) is 0 Å². The Bertz CT molecular complexity index is 899. The lowest BCUT2D eigenvalue weighted by molar-refractivity contribution is -0.870. The van der Waals surface area contributed by atoms with Gasteiger partial charge in [-0.15, -0.1) is 12.4 Å².